The highest BCUT2D eigenvalue weighted by Crippen LogP contribution is 2.42. The summed E-state index contributed by atoms with van der Waals surface area (Å²) in [5, 5.41) is 12.1. The summed E-state index contributed by atoms with van der Waals surface area (Å²) < 4.78 is 0. The Labute approximate surface area is 153 Å². The Hall–Kier alpha value is -1.93. The number of nitrogens with one attached hydrogen (secondary N) is 1. The molecule has 132 valence electrons. The van der Waals surface area contributed by atoms with E-state index in [1.807, 2.05) is 13.0 Å². The Morgan fingerprint density at radius 3 is 2.52 bits per heavy atom. The molecule has 3 rings (SSSR count). The van der Waals surface area contributed by atoms with Gasteiger partial charge in [0.25, 0.3) is 0 Å². The van der Waals surface area contributed by atoms with E-state index >= 15 is 0 Å². The Morgan fingerprint density at radius 2 is 1.84 bits per heavy atom. The van der Waals surface area contributed by atoms with E-state index in [2.05, 4.69) is 15.5 Å². The van der Waals surface area contributed by atoms with Crippen LogP contribution < -0.4 is 5.32 Å². The molecule has 8 heteroatoms. The lowest BCUT2D eigenvalue weighted by Crippen LogP contribution is -2.13. The summed E-state index contributed by atoms with van der Waals surface area (Å²) in [5.41, 5.74) is 0. The number of aryl methyl sites for hydroxylation is 1. The van der Waals surface area contributed by atoms with Gasteiger partial charge in [0.05, 0.1) is 4.88 Å². The summed E-state index contributed by atoms with van der Waals surface area (Å²) in [6.45, 7) is 1.94. The van der Waals surface area contributed by atoms with E-state index in [9.17, 15) is 14.4 Å². The van der Waals surface area contributed by atoms with Crippen LogP contribution in [0, 0.1) is 6.92 Å². The predicted octanol–water partition coefficient (Wildman–Crippen LogP) is 3.74. The van der Waals surface area contributed by atoms with Crippen LogP contribution in [0.2, 0.25) is 0 Å². The first-order valence-corrected chi connectivity index (χ1v) is 9.89. The smallest absolute Gasteiger partial charge is 0.226 e. The summed E-state index contributed by atoms with van der Waals surface area (Å²) >= 11 is 2.84. The number of nitrogens with zero attached hydrogens (tertiary/aromatic N) is 2. The molecule has 0 unspecified atom stereocenters. The van der Waals surface area contributed by atoms with E-state index in [4.69, 9.17) is 0 Å². The van der Waals surface area contributed by atoms with Crippen LogP contribution in [0.4, 0.5) is 5.13 Å². The molecule has 0 saturated heterocycles. The van der Waals surface area contributed by atoms with E-state index < -0.39 is 0 Å². The highest BCUT2D eigenvalue weighted by Gasteiger charge is 2.27. The molecule has 0 aliphatic heterocycles. The van der Waals surface area contributed by atoms with E-state index in [0.717, 1.165) is 22.7 Å². The van der Waals surface area contributed by atoms with Crippen LogP contribution in [0.25, 0.3) is 0 Å². The van der Waals surface area contributed by atoms with Gasteiger partial charge in [0.1, 0.15) is 10.8 Å². The summed E-state index contributed by atoms with van der Waals surface area (Å²) in [4.78, 5) is 37.5. The fourth-order valence-corrected chi connectivity index (χ4v) is 4.06. The lowest BCUT2D eigenvalue weighted by atomic mass is 10.1. The molecule has 25 heavy (non-hydrogen) atoms. The molecule has 1 amide bonds. The van der Waals surface area contributed by atoms with Gasteiger partial charge in [-0.15, -0.1) is 21.5 Å². The molecule has 1 N–H and O–H groups in total. The fourth-order valence-electron chi connectivity index (χ4n) is 2.30. The van der Waals surface area contributed by atoms with Crippen LogP contribution in [-0.4, -0.2) is 27.7 Å². The summed E-state index contributed by atoms with van der Waals surface area (Å²) in [5.74, 6) is 0.173. The van der Waals surface area contributed by atoms with Gasteiger partial charge in [0, 0.05) is 36.5 Å². The van der Waals surface area contributed by atoms with Gasteiger partial charge in [-0.2, -0.15) is 0 Å². The number of hydrogen-bond acceptors (Lipinski definition) is 7. The number of Topliss-reactive ketones (excluding diaryl/α,β-unsaturated/α-hetero) is 2. The van der Waals surface area contributed by atoms with Crippen molar-refractivity contribution >= 4 is 45.3 Å². The maximum Gasteiger partial charge on any atom is 0.226 e. The van der Waals surface area contributed by atoms with Crippen molar-refractivity contribution in [1.82, 2.24) is 10.2 Å². The number of carbonyl (C=O) groups excluding carboxylic acids is 3. The van der Waals surface area contributed by atoms with E-state index in [1.54, 1.807) is 6.07 Å². The molecule has 0 radical (unpaired) electrons. The number of amides is 1. The van der Waals surface area contributed by atoms with Gasteiger partial charge in [-0.25, -0.2) is 0 Å². The average Bonchev–Trinajstić information content (AvgIpc) is 3.18. The topological polar surface area (TPSA) is 89.0 Å². The summed E-state index contributed by atoms with van der Waals surface area (Å²) in [7, 11) is 0. The van der Waals surface area contributed by atoms with Crippen molar-refractivity contribution in [3.63, 3.8) is 0 Å². The van der Waals surface area contributed by atoms with Gasteiger partial charge < -0.3 is 5.32 Å². The average molecular weight is 377 g/mol. The van der Waals surface area contributed by atoms with Gasteiger partial charge in [0.15, 0.2) is 5.78 Å². The molecule has 1 aliphatic rings. The van der Waals surface area contributed by atoms with Crippen molar-refractivity contribution in [2.75, 3.05) is 5.32 Å². The van der Waals surface area contributed by atoms with Crippen molar-refractivity contribution in [3.05, 3.63) is 26.9 Å². The minimum Gasteiger partial charge on any atom is -0.301 e. The van der Waals surface area contributed by atoms with Crippen LogP contribution >= 0.6 is 22.7 Å². The maximum absolute atomic E-state index is 12.0. The molecule has 0 atom stereocenters. The second-order valence-electron chi connectivity index (χ2n) is 6.14. The van der Waals surface area contributed by atoms with Gasteiger partial charge >= 0.3 is 0 Å². The normalized spacial score (nSPS) is 13.6. The Kier molecular flexibility index (Phi) is 5.70. The molecular formula is C17H19N3O3S2. The number of hydrogen-bond donors (Lipinski definition) is 1. The lowest BCUT2D eigenvalue weighted by Gasteiger charge is -2.01. The van der Waals surface area contributed by atoms with Crippen molar-refractivity contribution in [2.24, 2.45) is 0 Å². The first kappa shape index (κ1) is 17.9. The predicted molar refractivity (Wildman–Crippen MR) is 97.4 cm³/mol. The van der Waals surface area contributed by atoms with Crippen LogP contribution in [-0.2, 0) is 9.59 Å². The quantitative estimate of drug-likeness (QED) is 0.673. The van der Waals surface area contributed by atoms with Crippen LogP contribution in [0.1, 0.15) is 64.0 Å². The zero-order chi connectivity index (χ0) is 17.8. The summed E-state index contributed by atoms with van der Waals surface area (Å²) in [6, 6.07) is 3.68. The third-order valence-corrected chi connectivity index (χ3v) is 5.93. The molecule has 1 saturated carbocycles. The molecule has 0 aromatic carbocycles. The lowest BCUT2D eigenvalue weighted by molar-refractivity contribution is -0.122. The number of anilines is 1. The number of ketones is 2. The minimum atomic E-state index is -0.243. The van der Waals surface area contributed by atoms with Crippen molar-refractivity contribution in [1.29, 1.82) is 0 Å². The molecule has 1 fully saturated rings. The van der Waals surface area contributed by atoms with E-state index in [0.29, 0.717) is 15.9 Å². The Balaban J connectivity index is 1.36. The van der Waals surface area contributed by atoms with Crippen molar-refractivity contribution in [2.45, 2.75) is 51.4 Å². The van der Waals surface area contributed by atoms with Crippen molar-refractivity contribution < 1.29 is 14.4 Å². The Bertz CT molecular complexity index is 793. The van der Waals surface area contributed by atoms with Gasteiger partial charge in [-0.1, -0.05) is 11.3 Å². The van der Waals surface area contributed by atoms with Crippen molar-refractivity contribution in [3.8, 4) is 0 Å². The van der Waals surface area contributed by atoms with Gasteiger partial charge in [-0.05, 0) is 31.9 Å². The molecule has 2 aromatic heterocycles. The second-order valence-corrected chi connectivity index (χ2v) is 8.44. The molecule has 2 aromatic rings. The molecule has 0 spiro atoms. The highest BCUT2D eigenvalue weighted by molar-refractivity contribution is 7.15. The molecule has 1 aliphatic carbocycles. The van der Waals surface area contributed by atoms with Crippen LogP contribution in [0.5, 0.6) is 0 Å². The van der Waals surface area contributed by atoms with Crippen LogP contribution in [0.3, 0.4) is 0 Å². The standard InChI is InChI=1S/C17H19N3O3S2/c1-10-2-8-14(24-10)13(22)7-5-12(21)6-9-15(23)18-17-20-19-16(25-17)11-3-4-11/h2,8,11H,3-7,9H2,1H3,(H,18,20,23). The SMILES string of the molecule is Cc1ccc(C(=O)CCC(=O)CCC(=O)Nc2nnc(C3CC3)s2)s1. The third kappa shape index (κ3) is 5.27. The first-order valence-electron chi connectivity index (χ1n) is 8.26. The first-order chi connectivity index (χ1) is 12.0. The number of thiophene rings is 1. The maximum atomic E-state index is 12.0. The fraction of sp³-hybridized carbons (Fsp3) is 0.471. The highest BCUT2D eigenvalue weighted by atomic mass is 32.1. The molecule has 0 bridgehead atoms. The van der Waals surface area contributed by atoms with Gasteiger partial charge in [-0.3, -0.25) is 14.4 Å². The monoisotopic (exact) mass is 377 g/mol. The van der Waals surface area contributed by atoms with E-state index in [-0.39, 0.29) is 43.2 Å². The molecule has 2 heterocycles. The number of aromatic nitrogens is 2. The zero-order valence-electron chi connectivity index (χ0n) is 13.9. The number of rotatable bonds is 9. The Morgan fingerprint density at radius 1 is 1.08 bits per heavy atom. The molecule has 6 nitrogen and oxygen atoms in total. The number of carbonyl (C=O) groups is 3. The minimum absolute atomic E-state index is 0.0163. The van der Waals surface area contributed by atoms with Gasteiger partial charge in [0.2, 0.25) is 11.0 Å². The zero-order valence-corrected chi connectivity index (χ0v) is 15.5. The summed E-state index contributed by atoms with van der Waals surface area (Å²) in [6.07, 6.45) is 2.89. The third-order valence-electron chi connectivity index (χ3n) is 3.89. The second kappa shape index (κ2) is 7.97. The van der Waals surface area contributed by atoms with E-state index in [1.165, 1.54) is 22.7 Å². The largest absolute Gasteiger partial charge is 0.301 e. The van der Waals surface area contributed by atoms with Crippen LogP contribution in [0.15, 0.2) is 12.1 Å². The molecular weight excluding hydrogens is 358 g/mol.